The second kappa shape index (κ2) is 5.25. The van der Waals surface area contributed by atoms with Gasteiger partial charge in [-0.25, -0.2) is 0 Å². The number of rotatable bonds is 5. The van der Waals surface area contributed by atoms with Crippen molar-refractivity contribution >= 4 is 0 Å². The van der Waals surface area contributed by atoms with Crippen LogP contribution >= 0.6 is 0 Å². The summed E-state index contributed by atoms with van der Waals surface area (Å²) in [4.78, 5) is 0. The molecule has 17 heavy (non-hydrogen) atoms. The maximum atomic E-state index is 5.91. The van der Waals surface area contributed by atoms with Crippen molar-refractivity contribution in [1.82, 2.24) is 5.32 Å². The molecule has 1 aliphatic heterocycles. The molecule has 2 aliphatic rings. The van der Waals surface area contributed by atoms with Crippen molar-refractivity contribution in [3.05, 3.63) is 0 Å². The first-order chi connectivity index (χ1) is 8.07. The molecule has 1 saturated carbocycles. The molecule has 0 spiro atoms. The molecule has 0 aromatic rings. The lowest BCUT2D eigenvalue weighted by atomic mass is 9.55. The Labute approximate surface area is 105 Å². The Bertz CT molecular complexity index is 255. The molecule has 4 unspecified atom stereocenters. The van der Waals surface area contributed by atoms with Gasteiger partial charge in [-0.05, 0) is 26.7 Å². The molecule has 1 saturated heterocycles. The summed E-state index contributed by atoms with van der Waals surface area (Å²) in [5.41, 5.74) is 0.269. The Balaban J connectivity index is 1.87. The lowest BCUT2D eigenvalue weighted by molar-refractivity contribution is -0.195. The minimum Gasteiger partial charge on any atom is -0.380 e. The number of nitrogens with one attached hydrogen (secondary N) is 1. The van der Waals surface area contributed by atoms with Gasteiger partial charge in [0.1, 0.15) is 0 Å². The summed E-state index contributed by atoms with van der Waals surface area (Å²) in [5.74, 6) is 0.711. The summed E-state index contributed by atoms with van der Waals surface area (Å²) >= 11 is 0. The van der Waals surface area contributed by atoms with Crippen LogP contribution in [0, 0.1) is 11.3 Å². The molecule has 0 bridgehead atoms. The molecule has 2 fully saturated rings. The predicted molar refractivity (Wildman–Crippen MR) is 69.1 cm³/mol. The molecule has 0 aromatic carbocycles. The van der Waals surface area contributed by atoms with Crippen molar-refractivity contribution in [2.45, 2.75) is 58.7 Å². The first kappa shape index (κ1) is 13.3. The van der Waals surface area contributed by atoms with E-state index in [0.717, 1.165) is 19.8 Å². The molecule has 0 amide bonds. The SMILES string of the molecule is CCOCC(C)NC1C2CCCOC2C1(C)C. The summed E-state index contributed by atoms with van der Waals surface area (Å²) < 4.78 is 11.4. The zero-order valence-corrected chi connectivity index (χ0v) is 11.7. The molecule has 3 heteroatoms. The zero-order chi connectivity index (χ0) is 12.5. The maximum Gasteiger partial charge on any atom is 0.0684 e. The van der Waals surface area contributed by atoms with E-state index in [1.54, 1.807) is 0 Å². The molecule has 1 N–H and O–H groups in total. The number of hydrogen-bond donors (Lipinski definition) is 1. The smallest absolute Gasteiger partial charge is 0.0684 e. The average Bonchev–Trinajstić information content (AvgIpc) is 2.33. The lowest BCUT2D eigenvalue weighted by Gasteiger charge is -2.60. The third-order valence-electron chi connectivity index (χ3n) is 4.37. The van der Waals surface area contributed by atoms with Crippen molar-refractivity contribution in [2.75, 3.05) is 19.8 Å². The van der Waals surface area contributed by atoms with Crippen LogP contribution in [-0.2, 0) is 9.47 Å². The van der Waals surface area contributed by atoms with Crippen molar-refractivity contribution in [3.63, 3.8) is 0 Å². The van der Waals surface area contributed by atoms with Crippen molar-refractivity contribution in [1.29, 1.82) is 0 Å². The van der Waals surface area contributed by atoms with Crippen molar-refractivity contribution < 1.29 is 9.47 Å². The Morgan fingerprint density at radius 2 is 2.24 bits per heavy atom. The van der Waals surface area contributed by atoms with Crippen LogP contribution in [0.5, 0.6) is 0 Å². The Kier molecular flexibility index (Phi) is 4.11. The topological polar surface area (TPSA) is 30.5 Å². The molecule has 2 rings (SSSR count). The number of ether oxygens (including phenoxy) is 2. The molecular formula is C14H27NO2. The molecule has 1 heterocycles. The summed E-state index contributed by atoms with van der Waals surface area (Å²) in [5, 5.41) is 3.74. The van der Waals surface area contributed by atoms with E-state index in [1.165, 1.54) is 12.8 Å². The van der Waals surface area contributed by atoms with Gasteiger partial charge in [0.2, 0.25) is 0 Å². The van der Waals surface area contributed by atoms with Crippen LogP contribution in [0.2, 0.25) is 0 Å². The fourth-order valence-corrected chi connectivity index (χ4v) is 3.51. The summed E-state index contributed by atoms with van der Waals surface area (Å²) in [6, 6.07) is 1.02. The molecule has 4 atom stereocenters. The number of hydrogen-bond acceptors (Lipinski definition) is 3. The van der Waals surface area contributed by atoms with Gasteiger partial charge in [0.15, 0.2) is 0 Å². The predicted octanol–water partition coefficient (Wildman–Crippen LogP) is 2.20. The lowest BCUT2D eigenvalue weighted by Crippen LogP contribution is -2.70. The minimum atomic E-state index is 0.269. The van der Waals surface area contributed by atoms with Gasteiger partial charge < -0.3 is 14.8 Å². The second-order valence-electron chi connectivity index (χ2n) is 6.12. The van der Waals surface area contributed by atoms with Gasteiger partial charge in [0, 0.05) is 36.6 Å². The summed E-state index contributed by atoms with van der Waals surface area (Å²) in [6.45, 7) is 11.5. The van der Waals surface area contributed by atoms with Gasteiger partial charge in [-0.1, -0.05) is 13.8 Å². The van der Waals surface area contributed by atoms with E-state index in [2.05, 4.69) is 26.1 Å². The first-order valence-corrected chi connectivity index (χ1v) is 7.02. The molecule has 100 valence electrons. The van der Waals surface area contributed by atoms with E-state index in [1.807, 2.05) is 6.92 Å². The summed E-state index contributed by atoms with van der Waals surface area (Å²) in [7, 11) is 0. The van der Waals surface area contributed by atoms with Crippen LogP contribution in [0.25, 0.3) is 0 Å². The zero-order valence-electron chi connectivity index (χ0n) is 11.7. The third-order valence-corrected chi connectivity index (χ3v) is 4.37. The Hall–Kier alpha value is -0.120. The largest absolute Gasteiger partial charge is 0.380 e. The number of fused-ring (bicyclic) bond motifs is 1. The van der Waals surface area contributed by atoms with Crippen LogP contribution in [-0.4, -0.2) is 38.0 Å². The van der Waals surface area contributed by atoms with E-state index in [9.17, 15) is 0 Å². The molecule has 0 aromatic heterocycles. The minimum absolute atomic E-state index is 0.269. The van der Waals surface area contributed by atoms with Crippen LogP contribution in [0.1, 0.15) is 40.5 Å². The van der Waals surface area contributed by atoms with Gasteiger partial charge in [0.25, 0.3) is 0 Å². The Morgan fingerprint density at radius 1 is 1.47 bits per heavy atom. The van der Waals surface area contributed by atoms with Crippen LogP contribution < -0.4 is 5.32 Å². The molecular weight excluding hydrogens is 214 g/mol. The van der Waals surface area contributed by atoms with Crippen LogP contribution in [0.3, 0.4) is 0 Å². The highest BCUT2D eigenvalue weighted by Crippen LogP contribution is 2.51. The molecule has 1 aliphatic carbocycles. The molecule has 3 nitrogen and oxygen atoms in total. The first-order valence-electron chi connectivity index (χ1n) is 7.02. The van der Waals surface area contributed by atoms with Gasteiger partial charge >= 0.3 is 0 Å². The van der Waals surface area contributed by atoms with Gasteiger partial charge in [-0.3, -0.25) is 0 Å². The standard InChI is InChI=1S/C14H27NO2/c1-5-16-9-10(2)15-12-11-7-6-8-17-13(11)14(12,3)4/h10-13,15H,5-9H2,1-4H3. The Morgan fingerprint density at radius 3 is 2.94 bits per heavy atom. The second-order valence-corrected chi connectivity index (χ2v) is 6.12. The highest BCUT2D eigenvalue weighted by atomic mass is 16.5. The molecule has 0 radical (unpaired) electrons. The van der Waals surface area contributed by atoms with Crippen LogP contribution in [0.15, 0.2) is 0 Å². The maximum absolute atomic E-state index is 5.91. The van der Waals surface area contributed by atoms with Crippen molar-refractivity contribution in [2.24, 2.45) is 11.3 Å². The van der Waals surface area contributed by atoms with Gasteiger partial charge in [-0.15, -0.1) is 0 Å². The van der Waals surface area contributed by atoms with E-state index >= 15 is 0 Å². The van der Waals surface area contributed by atoms with Crippen LogP contribution in [0.4, 0.5) is 0 Å². The quantitative estimate of drug-likeness (QED) is 0.800. The van der Waals surface area contributed by atoms with Gasteiger partial charge in [-0.2, -0.15) is 0 Å². The van der Waals surface area contributed by atoms with Gasteiger partial charge in [0.05, 0.1) is 12.7 Å². The van der Waals surface area contributed by atoms with E-state index in [-0.39, 0.29) is 5.41 Å². The fourth-order valence-electron chi connectivity index (χ4n) is 3.51. The highest BCUT2D eigenvalue weighted by Gasteiger charge is 2.57. The normalized spacial score (nSPS) is 37.1. The fraction of sp³-hybridized carbons (Fsp3) is 1.00. The highest BCUT2D eigenvalue weighted by molar-refractivity contribution is 5.10. The van der Waals surface area contributed by atoms with E-state index in [0.29, 0.717) is 24.1 Å². The monoisotopic (exact) mass is 241 g/mol. The van der Waals surface area contributed by atoms with E-state index < -0.39 is 0 Å². The average molecular weight is 241 g/mol. The van der Waals surface area contributed by atoms with Crippen molar-refractivity contribution in [3.8, 4) is 0 Å². The summed E-state index contributed by atoms with van der Waals surface area (Å²) in [6.07, 6.45) is 3.00. The van der Waals surface area contributed by atoms with E-state index in [4.69, 9.17) is 9.47 Å². The third kappa shape index (κ3) is 2.51.